The quantitative estimate of drug-likeness (QED) is 0.752. The molecule has 5 heteroatoms. The summed E-state index contributed by atoms with van der Waals surface area (Å²) in [5.74, 6) is 0.141. The Balaban J connectivity index is 1.86. The monoisotopic (exact) mass is 348 g/mol. The lowest BCUT2D eigenvalue weighted by molar-refractivity contribution is 0.0974. The highest BCUT2D eigenvalue weighted by molar-refractivity contribution is 6.12. The summed E-state index contributed by atoms with van der Waals surface area (Å²) in [5, 5.41) is 3.30. The fraction of sp³-hybridized carbons (Fsp3) is 0.0952. The first kappa shape index (κ1) is 16.1. The van der Waals surface area contributed by atoms with Crippen LogP contribution < -0.4 is 15.0 Å². The van der Waals surface area contributed by atoms with Crippen molar-refractivity contribution in [2.45, 2.75) is 6.17 Å². The smallest absolute Gasteiger partial charge is 0.262 e. The number of anilines is 2. The van der Waals surface area contributed by atoms with Crippen LogP contribution in [0.5, 0.6) is 5.75 Å². The number of hydrogen-bond donors (Lipinski definition) is 1. The Labute approximate surface area is 150 Å². The molecule has 26 heavy (non-hydrogen) atoms. The average molecular weight is 348 g/mol. The van der Waals surface area contributed by atoms with Crippen molar-refractivity contribution in [3.8, 4) is 5.75 Å². The van der Waals surface area contributed by atoms with E-state index in [1.165, 1.54) is 6.07 Å². The lowest BCUT2D eigenvalue weighted by atomic mass is 10.0. The molecule has 1 aliphatic rings. The number of amides is 1. The molecule has 3 aromatic carbocycles. The van der Waals surface area contributed by atoms with Crippen molar-refractivity contribution in [2.75, 3.05) is 17.3 Å². The van der Waals surface area contributed by atoms with E-state index in [2.05, 4.69) is 5.32 Å². The normalized spacial score (nSPS) is 16.0. The molecule has 0 fully saturated rings. The molecule has 0 aliphatic carbocycles. The number of ether oxygens (including phenoxy) is 1. The largest absolute Gasteiger partial charge is 0.497 e. The summed E-state index contributed by atoms with van der Waals surface area (Å²) in [4.78, 5) is 14.8. The third kappa shape index (κ3) is 2.67. The zero-order valence-electron chi connectivity index (χ0n) is 14.1. The van der Waals surface area contributed by atoms with Gasteiger partial charge in [-0.2, -0.15) is 0 Å². The highest BCUT2D eigenvalue weighted by Crippen LogP contribution is 2.37. The summed E-state index contributed by atoms with van der Waals surface area (Å²) in [6.45, 7) is 0. The van der Waals surface area contributed by atoms with Gasteiger partial charge in [0.05, 0.1) is 12.7 Å². The molecule has 4 nitrogen and oxygen atoms in total. The molecule has 1 unspecified atom stereocenters. The van der Waals surface area contributed by atoms with Crippen LogP contribution in [0.25, 0.3) is 0 Å². The van der Waals surface area contributed by atoms with Crippen molar-refractivity contribution in [3.05, 3.63) is 89.7 Å². The lowest BCUT2D eigenvalue weighted by Crippen LogP contribution is -2.43. The first-order valence-corrected chi connectivity index (χ1v) is 8.26. The summed E-state index contributed by atoms with van der Waals surface area (Å²) in [7, 11) is 1.58. The van der Waals surface area contributed by atoms with E-state index in [1.807, 2.05) is 18.2 Å². The van der Waals surface area contributed by atoms with E-state index in [0.717, 1.165) is 0 Å². The number of methoxy groups -OCH3 is 1. The fourth-order valence-electron chi connectivity index (χ4n) is 3.18. The molecule has 0 radical (unpaired) electrons. The Morgan fingerprint density at radius 3 is 2.38 bits per heavy atom. The molecule has 0 spiro atoms. The van der Waals surface area contributed by atoms with Crippen LogP contribution in [-0.2, 0) is 0 Å². The Morgan fingerprint density at radius 1 is 0.962 bits per heavy atom. The predicted octanol–water partition coefficient (Wildman–Crippen LogP) is 4.61. The van der Waals surface area contributed by atoms with Gasteiger partial charge in [-0.1, -0.05) is 30.3 Å². The standard InChI is InChI=1S/C21H17FN2O2/c1-26-15-12-10-14(11-13-15)24-20(16-6-2-4-8-18(16)22)23-19-9-5-3-7-17(19)21(24)25/h2-13,20,23H,1H3. The predicted molar refractivity (Wildman–Crippen MR) is 99.0 cm³/mol. The van der Waals surface area contributed by atoms with Crippen molar-refractivity contribution in [2.24, 2.45) is 0 Å². The molecule has 1 atom stereocenters. The molecule has 0 aromatic heterocycles. The van der Waals surface area contributed by atoms with E-state index in [-0.39, 0.29) is 11.7 Å². The molecule has 1 aliphatic heterocycles. The molecule has 3 aromatic rings. The minimum Gasteiger partial charge on any atom is -0.497 e. The van der Waals surface area contributed by atoms with E-state index in [0.29, 0.717) is 28.3 Å². The summed E-state index contributed by atoms with van der Waals surface area (Å²) in [6, 6.07) is 20.9. The molecule has 0 bridgehead atoms. The van der Waals surface area contributed by atoms with Gasteiger partial charge in [0.1, 0.15) is 17.7 Å². The number of nitrogens with zero attached hydrogens (tertiary/aromatic N) is 1. The highest BCUT2D eigenvalue weighted by atomic mass is 19.1. The number of fused-ring (bicyclic) bond motifs is 1. The van der Waals surface area contributed by atoms with E-state index >= 15 is 0 Å². The van der Waals surface area contributed by atoms with E-state index in [4.69, 9.17) is 4.74 Å². The van der Waals surface area contributed by atoms with E-state index in [9.17, 15) is 9.18 Å². The summed E-state index contributed by atoms with van der Waals surface area (Å²) >= 11 is 0. The summed E-state index contributed by atoms with van der Waals surface area (Å²) in [6.07, 6.45) is -0.646. The van der Waals surface area contributed by atoms with Gasteiger partial charge in [-0.25, -0.2) is 4.39 Å². The number of para-hydroxylation sites is 1. The van der Waals surface area contributed by atoms with Gasteiger partial charge in [-0.15, -0.1) is 0 Å². The van der Waals surface area contributed by atoms with Crippen LogP contribution in [-0.4, -0.2) is 13.0 Å². The number of halogens is 1. The Bertz CT molecular complexity index is 956. The van der Waals surface area contributed by atoms with Crippen molar-refractivity contribution < 1.29 is 13.9 Å². The molecular weight excluding hydrogens is 331 g/mol. The maximum absolute atomic E-state index is 14.5. The molecule has 0 saturated carbocycles. The fourth-order valence-corrected chi connectivity index (χ4v) is 3.18. The van der Waals surface area contributed by atoms with E-state index < -0.39 is 6.17 Å². The van der Waals surface area contributed by atoms with Gasteiger partial charge < -0.3 is 10.1 Å². The second-order valence-electron chi connectivity index (χ2n) is 5.99. The Hall–Kier alpha value is -3.34. The van der Waals surface area contributed by atoms with Gasteiger partial charge in [-0.05, 0) is 42.5 Å². The number of carbonyl (C=O) groups is 1. The van der Waals surface area contributed by atoms with E-state index in [1.54, 1.807) is 60.5 Å². The third-order valence-electron chi connectivity index (χ3n) is 4.48. The minimum atomic E-state index is -0.646. The number of carbonyl (C=O) groups excluding carboxylic acids is 1. The SMILES string of the molecule is COc1ccc(N2C(=O)c3ccccc3NC2c2ccccc2F)cc1. The van der Waals surface area contributed by atoms with Crippen molar-refractivity contribution in [1.29, 1.82) is 0 Å². The van der Waals surface area contributed by atoms with Gasteiger partial charge in [0.15, 0.2) is 0 Å². The Morgan fingerprint density at radius 2 is 1.65 bits per heavy atom. The van der Waals surface area contributed by atoms with Gasteiger partial charge in [0.2, 0.25) is 0 Å². The second kappa shape index (κ2) is 6.52. The number of nitrogens with one attached hydrogen (secondary N) is 1. The number of hydrogen-bond acceptors (Lipinski definition) is 3. The van der Waals surface area contributed by atoms with Crippen molar-refractivity contribution >= 4 is 17.3 Å². The van der Waals surface area contributed by atoms with Crippen molar-refractivity contribution in [1.82, 2.24) is 0 Å². The minimum absolute atomic E-state index is 0.183. The second-order valence-corrected chi connectivity index (χ2v) is 5.99. The van der Waals surface area contributed by atoms with Gasteiger partial charge in [0, 0.05) is 16.9 Å². The zero-order chi connectivity index (χ0) is 18.1. The van der Waals surface area contributed by atoms with Crippen LogP contribution in [0.1, 0.15) is 22.1 Å². The molecule has 1 N–H and O–H groups in total. The average Bonchev–Trinajstić information content (AvgIpc) is 2.68. The first-order chi connectivity index (χ1) is 12.7. The van der Waals surface area contributed by atoms with Crippen LogP contribution in [0, 0.1) is 5.82 Å². The Kier molecular flexibility index (Phi) is 4.05. The third-order valence-corrected chi connectivity index (χ3v) is 4.48. The first-order valence-electron chi connectivity index (χ1n) is 8.26. The zero-order valence-corrected chi connectivity index (χ0v) is 14.1. The van der Waals surface area contributed by atoms with Gasteiger partial charge >= 0.3 is 0 Å². The van der Waals surface area contributed by atoms with Gasteiger partial charge in [-0.3, -0.25) is 9.69 Å². The number of benzene rings is 3. The number of rotatable bonds is 3. The molecule has 1 heterocycles. The lowest BCUT2D eigenvalue weighted by Gasteiger charge is -2.38. The van der Waals surface area contributed by atoms with Gasteiger partial charge in [0.25, 0.3) is 5.91 Å². The van der Waals surface area contributed by atoms with Crippen LogP contribution >= 0.6 is 0 Å². The molecular formula is C21H17FN2O2. The van der Waals surface area contributed by atoms with Crippen LogP contribution in [0.3, 0.4) is 0 Å². The summed E-state index contributed by atoms with van der Waals surface area (Å²) in [5.41, 5.74) is 2.31. The molecule has 1 amide bonds. The molecule has 130 valence electrons. The maximum Gasteiger partial charge on any atom is 0.262 e. The van der Waals surface area contributed by atoms with Crippen LogP contribution in [0.2, 0.25) is 0 Å². The summed E-state index contributed by atoms with van der Waals surface area (Å²) < 4.78 is 19.7. The topological polar surface area (TPSA) is 41.6 Å². The van der Waals surface area contributed by atoms with Crippen molar-refractivity contribution in [3.63, 3.8) is 0 Å². The molecule has 4 rings (SSSR count). The molecule has 0 saturated heterocycles. The van der Waals surface area contributed by atoms with Crippen LogP contribution in [0.15, 0.2) is 72.8 Å². The highest BCUT2D eigenvalue weighted by Gasteiger charge is 2.35. The maximum atomic E-state index is 14.5. The van der Waals surface area contributed by atoms with Crippen LogP contribution in [0.4, 0.5) is 15.8 Å².